The first-order chi connectivity index (χ1) is 13.4. The number of methoxy groups -OCH3 is 2. The smallest absolute Gasteiger partial charge is 0.270 e. The van der Waals surface area contributed by atoms with Crippen LogP contribution < -0.4 is 19.7 Å². The van der Waals surface area contributed by atoms with E-state index < -0.39 is 11.8 Å². The lowest BCUT2D eigenvalue weighted by atomic mass is 10.1. The van der Waals surface area contributed by atoms with Gasteiger partial charge in [0.05, 0.1) is 23.5 Å². The van der Waals surface area contributed by atoms with E-state index in [0.717, 1.165) is 9.13 Å². The SMILES string of the molecule is COc1cc(/C=C2\C(=O)NC(=S)N(c3ccccc3C)C2=O)cc(I)c1OC. The Kier molecular flexibility index (Phi) is 5.99. The van der Waals surface area contributed by atoms with E-state index >= 15 is 0 Å². The maximum absolute atomic E-state index is 13.1. The van der Waals surface area contributed by atoms with Gasteiger partial charge in [-0.15, -0.1) is 0 Å². The maximum Gasteiger partial charge on any atom is 0.270 e. The number of carbonyl (C=O) groups is 2. The average Bonchev–Trinajstić information content (AvgIpc) is 2.66. The molecule has 3 rings (SSSR count). The fourth-order valence-electron chi connectivity index (χ4n) is 2.88. The van der Waals surface area contributed by atoms with E-state index in [1.54, 1.807) is 25.3 Å². The number of amides is 2. The summed E-state index contributed by atoms with van der Waals surface area (Å²) in [6.07, 6.45) is 1.52. The Balaban J connectivity index is 2.07. The lowest BCUT2D eigenvalue weighted by Gasteiger charge is -2.30. The van der Waals surface area contributed by atoms with Gasteiger partial charge in [-0.25, -0.2) is 0 Å². The molecule has 8 heteroatoms. The van der Waals surface area contributed by atoms with Crippen LogP contribution in [0.3, 0.4) is 0 Å². The summed E-state index contributed by atoms with van der Waals surface area (Å²) in [5.74, 6) is 0.0843. The molecule has 2 amide bonds. The molecular weight excluding hydrogens is 491 g/mol. The molecule has 6 nitrogen and oxygen atoms in total. The molecule has 0 radical (unpaired) electrons. The third-order valence-corrected chi connectivity index (χ3v) is 5.31. The highest BCUT2D eigenvalue weighted by Crippen LogP contribution is 2.34. The summed E-state index contributed by atoms with van der Waals surface area (Å²) >= 11 is 7.35. The van der Waals surface area contributed by atoms with Crippen molar-refractivity contribution in [1.29, 1.82) is 0 Å². The first-order valence-corrected chi connectivity index (χ1v) is 9.74. The van der Waals surface area contributed by atoms with Crippen molar-refractivity contribution in [3.8, 4) is 11.5 Å². The molecule has 0 spiro atoms. The summed E-state index contributed by atoms with van der Waals surface area (Å²) in [7, 11) is 3.08. The second-order valence-electron chi connectivity index (χ2n) is 5.98. The van der Waals surface area contributed by atoms with Crippen LogP contribution in [-0.2, 0) is 9.59 Å². The molecule has 0 saturated carbocycles. The number of aryl methyl sites for hydroxylation is 1. The summed E-state index contributed by atoms with van der Waals surface area (Å²) < 4.78 is 11.5. The molecule has 0 unspecified atom stereocenters. The number of benzene rings is 2. The summed E-state index contributed by atoms with van der Waals surface area (Å²) in [5, 5.41) is 2.65. The van der Waals surface area contributed by atoms with Gasteiger partial charge in [-0.05, 0) is 77.1 Å². The number of thiocarbonyl (C=S) groups is 1. The topological polar surface area (TPSA) is 67.9 Å². The van der Waals surface area contributed by atoms with E-state index in [1.165, 1.54) is 18.1 Å². The lowest BCUT2D eigenvalue weighted by Crippen LogP contribution is -2.54. The van der Waals surface area contributed by atoms with Gasteiger partial charge in [-0.2, -0.15) is 0 Å². The fraction of sp³-hybridized carbons (Fsp3) is 0.150. The third kappa shape index (κ3) is 3.74. The van der Waals surface area contributed by atoms with Crippen LogP contribution in [-0.4, -0.2) is 31.1 Å². The van der Waals surface area contributed by atoms with E-state index in [4.69, 9.17) is 21.7 Å². The Morgan fingerprint density at radius 2 is 1.86 bits per heavy atom. The van der Waals surface area contributed by atoms with Gasteiger partial charge in [0.25, 0.3) is 11.8 Å². The van der Waals surface area contributed by atoms with Crippen molar-refractivity contribution in [3.63, 3.8) is 0 Å². The van der Waals surface area contributed by atoms with Crippen LogP contribution in [0.1, 0.15) is 11.1 Å². The van der Waals surface area contributed by atoms with Crippen LogP contribution in [0.15, 0.2) is 42.0 Å². The van der Waals surface area contributed by atoms with E-state index in [0.29, 0.717) is 22.7 Å². The summed E-state index contributed by atoms with van der Waals surface area (Å²) in [5.41, 5.74) is 2.12. The predicted molar refractivity (Wildman–Crippen MR) is 120 cm³/mol. The number of nitrogens with zero attached hydrogens (tertiary/aromatic N) is 1. The molecule has 0 aliphatic carbocycles. The molecule has 1 saturated heterocycles. The van der Waals surface area contributed by atoms with Crippen LogP contribution >= 0.6 is 34.8 Å². The van der Waals surface area contributed by atoms with Crippen LogP contribution in [0.25, 0.3) is 6.08 Å². The summed E-state index contributed by atoms with van der Waals surface area (Å²) in [6, 6.07) is 10.9. The van der Waals surface area contributed by atoms with Gasteiger partial charge in [0.1, 0.15) is 5.57 Å². The number of ether oxygens (including phenoxy) is 2. The molecule has 28 heavy (non-hydrogen) atoms. The predicted octanol–water partition coefficient (Wildman–Crippen LogP) is 3.45. The van der Waals surface area contributed by atoms with Crippen LogP contribution in [0, 0.1) is 10.5 Å². The molecule has 2 aromatic carbocycles. The van der Waals surface area contributed by atoms with Crippen molar-refractivity contribution < 1.29 is 19.1 Å². The molecular formula is C20H17IN2O4S. The highest BCUT2D eigenvalue weighted by atomic mass is 127. The Morgan fingerprint density at radius 3 is 2.50 bits per heavy atom. The zero-order valence-electron chi connectivity index (χ0n) is 15.4. The van der Waals surface area contributed by atoms with Gasteiger partial charge >= 0.3 is 0 Å². The monoisotopic (exact) mass is 508 g/mol. The number of anilines is 1. The van der Waals surface area contributed by atoms with Crippen molar-refractivity contribution in [2.75, 3.05) is 19.1 Å². The molecule has 1 fully saturated rings. The van der Waals surface area contributed by atoms with E-state index in [-0.39, 0.29) is 10.7 Å². The van der Waals surface area contributed by atoms with Gasteiger partial charge < -0.3 is 9.47 Å². The molecule has 1 aliphatic heterocycles. The molecule has 0 aromatic heterocycles. The number of rotatable bonds is 4. The first kappa shape index (κ1) is 20.3. The number of nitrogens with one attached hydrogen (secondary N) is 1. The quantitative estimate of drug-likeness (QED) is 0.297. The van der Waals surface area contributed by atoms with Gasteiger partial charge in [0.2, 0.25) is 0 Å². The first-order valence-electron chi connectivity index (χ1n) is 8.26. The normalized spacial score (nSPS) is 15.6. The second-order valence-corrected chi connectivity index (χ2v) is 7.53. The van der Waals surface area contributed by atoms with E-state index in [2.05, 4.69) is 27.9 Å². The highest BCUT2D eigenvalue weighted by molar-refractivity contribution is 14.1. The van der Waals surface area contributed by atoms with Gasteiger partial charge in [0, 0.05) is 0 Å². The zero-order chi connectivity index (χ0) is 20.4. The Hall–Kier alpha value is -2.46. The minimum absolute atomic E-state index is 0.0140. The number of para-hydroxylation sites is 1. The lowest BCUT2D eigenvalue weighted by molar-refractivity contribution is -0.122. The van der Waals surface area contributed by atoms with Crippen LogP contribution in [0.5, 0.6) is 11.5 Å². The molecule has 0 atom stereocenters. The second kappa shape index (κ2) is 8.27. The maximum atomic E-state index is 13.1. The van der Waals surface area contributed by atoms with E-state index in [1.807, 2.05) is 25.1 Å². The molecule has 1 N–H and O–H groups in total. The summed E-state index contributed by atoms with van der Waals surface area (Å²) in [6.45, 7) is 1.88. The van der Waals surface area contributed by atoms with Gasteiger partial charge in [-0.1, -0.05) is 18.2 Å². The minimum atomic E-state index is -0.537. The summed E-state index contributed by atoms with van der Waals surface area (Å²) in [4.78, 5) is 26.9. The standard InChI is InChI=1S/C20H17IN2O4S/c1-11-6-4-5-7-15(11)23-19(25)13(18(24)22-20(23)28)8-12-9-14(21)17(27-3)16(10-12)26-2/h4-10H,1-3H3,(H,22,24,28)/b13-8+. The van der Waals surface area contributed by atoms with Crippen molar-refractivity contribution in [2.45, 2.75) is 6.92 Å². The highest BCUT2D eigenvalue weighted by Gasteiger charge is 2.35. The zero-order valence-corrected chi connectivity index (χ0v) is 18.4. The molecule has 1 aliphatic rings. The molecule has 1 heterocycles. The van der Waals surface area contributed by atoms with Crippen molar-refractivity contribution in [2.24, 2.45) is 0 Å². The largest absolute Gasteiger partial charge is 0.493 e. The third-order valence-electron chi connectivity index (χ3n) is 4.22. The number of hydrogen-bond donors (Lipinski definition) is 1. The Labute approximate surface area is 181 Å². The molecule has 144 valence electrons. The van der Waals surface area contributed by atoms with Gasteiger partial charge in [0.15, 0.2) is 16.6 Å². The van der Waals surface area contributed by atoms with Crippen LogP contribution in [0.2, 0.25) is 0 Å². The molecule has 2 aromatic rings. The minimum Gasteiger partial charge on any atom is -0.493 e. The molecule has 0 bridgehead atoms. The van der Waals surface area contributed by atoms with E-state index in [9.17, 15) is 9.59 Å². The fourth-order valence-corrected chi connectivity index (χ4v) is 4.00. The average molecular weight is 508 g/mol. The number of hydrogen-bond acceptors (Lipinski definition) is 5. The van der Waals surface area contributed by atoms with Gasteiger partial charge in [-0.3, -0.25) is 19.8 Å². The number of halogens is 1. The van der Waals surface area contributed by atoms with Crippen molar-refractivity contribution >= 4 is 63.5 Å². The van der Waals surface area contributed by atoms with Crippen molar-refractivity contribution in [1.82, 2.24) is 5.32 Å². The Bertz CT molecular complexity index is 1020. The van der Waals surface area contributed by atoms with Crippen LogP contribution in [0.4, 0.5) is 5.69 Å². The number of carbonyl (C=O) groups excluding carboxylic acids is 2. The Morgan fingerprint density at radius 1 is 1.14 bits per heavy atom. The van der Waals surface area contributed by atoms with Crippen molar-refractivity contribution in [3.05, 3.63) is 56.7 Å².